The van der Waals surface area contributed by atoms with Gasteiger partial charge in [-0.15, -0.1) is 0 Å². The largest absolute Gasteiger partial charge is 0.314 e. The highest BCUT2D eigenvalue weighted by molar-refractivity contribution is 5.32. The molecule has 0 heterocycles. The van der Waals surface area contributed by atoms with Crippen molar-refractivity contribution in [1.82, 2.24) is 5.32 Å². The van der Waals surface area contributed by atoms with Crippen LogP contribution in [-0.2, 0) is 0 Å². The lowest BCUT2D eigenvalue weighted by Gasteiger charge is -2.30. The molecule has 3 aromatic carbocycles. The summed E-state index contributed by atoms with van der Waals surface area (Å²) in [6, 6.07) is 33.6. The third-order valence-corrected chi connectivity index (χ3v) is 6.27. The van der Waals surface area contributed by atoms with Gasteiger partial charge in [0.2, 0.25) is 0 Å². The molecule has 1 aliphatic carbocycles. The van der Waals surface area contributed by atoms with Crippen molar-refractivity contribution in [1.29, 1.82) is 0 Å². The van der Waals surface area contributed by atoms with Crippen molar-refractivity contribution in [3.63, 3.8) is 0 Å². The van der Waals surface area contributed by atoms with Crippen LogP contribution in [0.5, 0.6) is 0 Å². The Kier molecular flexibility index (Phi) is 6.57. The summed E-state index contributed by atoms with van der Waals surface area (Å²) in [6.45, 7) is 1.08. The smallest absolute Gasteiger partial charge is 0.0101 e. The van der Waals surface area contributed by atoms with Crippen molar-refractivity contribution in [2.45, 2.75) is 50.0 Å². The first-order valence-electron chi connectivity index (χ1n) is 10.8. The molecule has 0 saturated heterocycles. The van der Waals surface area contributed by atoms with Gasteiger partial charge in [-0.25, -0.2) is 0 Å². The minimum atomic E-state index is 0.468. The normalized spacial score (nSPS) is 19.6. The molecule has 4 rings (SSSR count). The van der Waals surface area contributed by atoms with Crippen LogP contribution >= 0.6 is 0 Å². The first-order chi connectivity index (χ1) is 13.9. The van der Waals surface area contributed by atoms with Gasteiger partial charge >= 0.3 is 0 Å². The zero-order chi connectivity index (χ0) is 19.0. The summed E-state index contributed by atoms with van der Waals surface area (Å²) in [6.07, 6.45) is 6.35. The predicted molar refractivity (Wildman–Crippen MR) is 119 cm³/mol. The molecule has 1 heteroatoms. The van der Waals surface area contributed by atoms with E-state index in [9.17, 15) is 0 Å². The summed E-state index contributed by atoms with van der Waals surface area (Å²) < 4.78 is 0. The molecule has 0 spiro atoms. The van der Waals surface area contributed by atoms with E-state index in [-0.39, 0.29) is 0 Å². The Balaban J connectivity index is 1.31. The van der Waals surface area contributed by atoms with Crippen LogP contribution in [0.3, 0.4) is 0 Å². The summed E-state index contributed by atoms with van der Waals surface area (Å²) in [5.74, 6) is 1.22. The Hall–Kier alpha value is -2.38. The topological polar surface area (TPSA) is 12.0 Å². The van der Waals surface area contributed by atoms with Crippen LogP contribution in [0.15, 0.2) is 91.0 Å². The SMILES string of the molecule is c1ccc(C2CCC(NCCC(c3ccccc3)c3ccccc3)CC2)cc1. The zero-order valence-electron chi connectivity index (χ0n) is 16.6. The molecule has 0 radical (unpaired) electrons. The number of hydrogen-bond acceptors (Lipinski definition) is 1. The minimum absolute atomic E-state index is 0.468. The van der Waals surface area contributed by atoms with E-state index in [1.165, 1.54) is 42.4 Å². The van der Waals surface area contributed by atoms with Crippen molar-refractivity contribution in [3.8, 4) is 0 Å². The van der Waals surface area contributed by atoms with Gasteiger partial charge in [-0.3, -0.25) is 0 Å². The molecule has 1 saturated carbocycles. The Labute approximate surface area is 169 Å². The van der Waals surface area contributed by atoms with Crippen LogP contribution in [0.1, 0.15) is 60.6 Å². The average molecular weight is 370 g/mol. The number of hydrogen-bond donors (Lipinski definition) is 1. The van der Waals surface area contributed by atoms with E-state index in [0.29, 0.717) is 12.0 Å². The molecule has 144 valence electrons. The van der Waals surface area contributed by atoms with Gasteiger partial charge in [-0.2, -0.15) is 0 Å². The van der Waals surface area contributed by atoms with Crippen LogP contribution in [0.2, 0.25) is 0 Å². The molecule has 1 nitrogen and oxygen atoms in total. The Morgan fingerprint density at radius 2 is 1.14 bits per heavy atom. The third kappa shape index (κ3) is 4.91. The first kappa shape index (κ1) is 19.0. The number of nitrogens with one attached hydrogen (secondary N) is 1. The average Bonchev–Trinajstić information content (AvgIpc) is 2.79. The van der Waals surface area contributed by atoms with E-state index in [1.807, 2.05) is 0 Å². The predicted octanol–water partition coefficient (Wildman–Crippen LogP) is 6.52. The highest BCUT2D eigenvalue weighted by atomic mass is 14.9. The second kappa shape index (κ2) is 9.71. The van der Waals surface area contributed by atoms with E-state index in [0.717, 1.165) is 18.9 Å². The Morgan fingerprint density at radius 3 is 1.68 bits per heavy atom. The summed E-state index contributed by atoms with van der Waals surface area (Å²) in [5.41, 5.74) is 4.36. The second-order valence-electron chi connectivity index (χ2n) is 8.08. The molecular formula is C27H31N. The summed E-state index contributed by atoms with van der Waals surface area (Å²) >= 11 is 0. The van der Waals surface area contributed by atoms with Gasteiger partial charge < -0.3 is 5.32 Å². The molecule has 0 atom stereocenters. The van der Waals surface area contributed by atoms with Gasteiger partial charge in [0.15, 0.2) is 0 Å². The fourth-order valence-electron chi connectivity index (χ4n) is 4.68. The first-order valence-corrected chi connectivity index (χ1v) is 10.8. The Morgan fingerprint density at radius 1 is 0.643 bits per heavy atom. The van der Waals surface area contributed by atoms with Crippen LogP contribution in [-0.4, -0.2) is 12.6 Å². The second-order valence-corrected chi connectivity index (χ2v) is 8.08. The molecule has 0 bridgehead atoms. The maximum Gasteiger partial charge on any atom is 0.0101 e. The fourth-order valence-corrected chi connectivity index (χ4v) is 4.68. The monoisotopic (exact) mass is 369 g/mol. The van der Waals surface area contributed by atoms with Gasteiger partial charge in [-0.1, -0.05) is 91.0 Å². The van der Waals surface area contributed by atoms with Gasteiger partial charge in [-0.05, 0) is 61.3 Å². The van der Waals surface area contributed by atoms with Gasteiger partial charge in [0.05, 0.1) is 0 Å². The molecule has 0 aromatic heterocycles. The van der Waals surface area contributed by atoms with Crippen molar-refractivity contribution < 1.29 is 0 Å². The summed E-state index contributed by atoms with van der Waals surface area (Å²) in [5, 5.41) is 3.86. The van der Waals surface area contributed by atoms with Crippen molar-refractivity contribution in [2.24, 2.45) is 0 Å². The van der Waals surface area contributed by atoms with Crippen molar-refractivity contribution >= 4 is 0 Å². The standard InChI is InChI=1S/C27H31N/c1-4-10-22(11-5-1)23-16-18-26(19-17-23)28-21-20-27(24-12-6-2-7-13-24)25-14-8-3-9-15-25/h1-15,23,26-28H,16-21H2. The lowest BCUT2D eigenvalue weighted by atomic mass is 9.81. The Bertz CT molecular complexity index is 765. The van der Waals surface area contributed by atoms with E-state index >= 15 is 0 Å². The number of benzene rings is 3. The lowest BCUT2D eigenvalue weighted by molar-refractivity contribution is 0.340. The van der Waals surface area contributed by atoms with Gasteiger partial charge in [0.1, 0.15) is 0 Å². The minimum Gasteiger partial charge on any atom is -0.314 e. The molecule has 28 heavy (non-hydrogen) atoms. The van der Waals surface area contributed by atoms with E-state index in [4.69, 9.17) is 0 Å². The van der Waals surface area contributed by atoms with Crippen LogP contribution in [0.25, 0.3) is 0 Å². The molecule has 0 aliphatic heterocycles. The maximum absolute atomic E-state index is 3.86. The number of rotatable bonds is 7. The molecule has 1 N–H and O–H groups in total. The fraction of sp³-hybridized carbons (Fsp3) is 0.333. The summed E-state index contributed by atoms with van der Waals surface area (Å²) in [7, 11) is 0. The van der Waals surface area contributed by atoms with Crippen LogP contribution in [0, 0.1) is 0 Å². The van der Waals surface area contributed by atoms with Gasteiger partial charge in [0, 0.05) is 12.0 Å². The summed E-state index contributed by atoms with van der Waals surface area (Å²) in [4.78, 5) is 0. The molecule has 1 aliphatic rings. The molecule has 3 aromatic rings. The van der Waals surface area contributed by atoms with E-state index in [2.05, 4.69) is 96.3 Å². The van der Waals surface area contributed by atoms with Gasteiger partial charge in [0.25, 0.3) is 0 Å². The highest BCUT2D eigenvalue weighted by Crippen LogP contribution is 2.33. The van der Waals surface area contributed by atoms with Crippen LogP contribution < -0.4 is 5.32 Å². The van der Waals surface area contributed by atoms with Crippen molar-refractivity contribution in [3.05, 3.63) is 108 Å². The van der Waals surface area contributed by atoms with Crippen LogP contribution in [0.4, 0.5) is 0 Å². The molecule has 1 fully saturated rings. The molecule has 0 unspecified atom stereocenters. The van der Waals surface area contributed by atoms with Crippen molar-refractivity contribution in [2.75, 3.05) is 6.54 Å². The zero-order valence-corrected chi connectivity index (χ0v) is 16.6. The molecule has 0 amide bonds. The lowest BCUT2D eigenvalue weighted by Crippen LogP contribution is -2.34. The van der Waals surface area contributed by atoms with E-state index < -0.39 is 0 Å². The third-order valence-electron chi connectivity index (χ3n) is 6.27. The highest BCUT2D eigenvalue weighted by Gasteiger charge is 2.22. The molecular weight excluding hydrogens is 338 g/mol. The maximum atomic E-state index is 3.86. The quantitative estimate of drug-likeness (QED) is 0.499. The van der Waals surface area contributed by atoms with E-state index in [1.54, 1.807) is 0 Å².